The largest absolute Gasteiger partial charge is 0.504 e. The van der Waals surface area contributed by atoms with E-state index in [1.54, 1.807) is 6.08 Å². The van der Waals surface area contributed by atoms with E-state index < -0.39 is 5.41 Å². The first-order valence-corrected chi connectivity index (χ1v) is 9.09. The Morgan fingerprint density at radius 3 is 2.40 bits per heavy atom. The minimum Gasteiger partial charge on any atom is -0.504 e. The first-order chi connectivity index (χ1) is 11.6. The van der Waals surface area contributed by atoms with Crippen LogP contribution in [0.2, 0.25) is 0 Å². The van der Waals surface area contributed by atoms with E-state index in [4.69, 9.17) is 4.74 Å². The molecule has 2 atom stereocenters. The maximum Gasteiger partial charge on any atom is 0.223 e. The lowest BCUT2D eigenvalue weighted by atomic mass is 9.49. The molecule has 0 aromatic carbocycles. The number of ketones is 2. The first-order valence-electron chi connectivity index (χ1n) is 9.09. The Labute approximate surface area is 149 Å². The van der Waals surface area contributed by atoms with Crippen LogP contribution in [0, 0.1) is 22.7 Å². The Kier molecular flexibility index (Phi) is 4.01. The van der Waals surface area contributed by atoms with Gasteiger partial charge in [0, 0.05) is 28.1 Å². The van der Waals surface area contributed by atoms with E-state index in [0.29, 0.717) is 16.7 Å². The van der Waals surface area contributed by atoms with Crippen molar-refractivity contribution in [3.8, 4) is 0 Å². The molecule has 1 fully saturated rings. The molecule has 1 saturated carbocycles. The summed E-state index contributed by atoms with van der Waals surface area (Å²) in [5.74, 6) is -0.577. The summed E-state index contributed by atoms with van der Waals surface area (Å²) in [6.45, 7) is 10.0. The third-order valence-electron chi connectivity index (χ3n) is 6.35. The molecule has 25 heavy (non-hydrogen) atoms. The van der Waals surface area contributed by atoms with Gasteiger partial charge in [-0.15, -0.1) is 0 Å². The summed E-state index contributed by atoms with van der Waals surface area (Å²) in [6.07, 6.45) is 4.46. The van der Waals surface area contributed by atoms with Gasteiger partial charge in [-0.2, -0.15) is 0 Å². The van der Waals surface area contributed by atoms with Crippen molar-refractivity contribution in [3.05, 3.63) is 34.3 Å². The maximum absolute atomic E-state index is 13.3. The Hall–Kier alpha value is -1.84. The van der Waals surface area contributed by atoms with Gasteiger partial charge in [0.25, 0.3) is 0 Å². The van der Waals surface area contributed by atoms with Crippen molar-refractivity contribution < 1.29 is 19.4 Å². The average molecular weight is 344 g/mol. The minimum absolute atomic E-state index is 0.00467. The van der Waals surface area contributed by atoms with Crippen LogP contribution < -0.4 is 0 Å². The van der Waals surface area contributed by atoms with Crippen molar-refractivity contribution >= 4 is 11.6 Å². The minimum atomic E-state index is -0.547. The van der Waals surface area contributed by atoms with Gasteiger partial charge in [0.05, 0.1) is 7.11 Å². The number of fused-ring (bicyclic) bond motifs is 3. The van der Waals surface area contributed by atoms with E-state index in [9.17, 15) is 14.7 Å². The van der Waals surface area contributed by atoms with Crippen LogP contribution in [0.3, 0.4) is 0 Å². The number of Topliss-reactive ketones (excluding diaryl/α,β-unsaturated/α-hetero) is 2. The highest BCUT2D eigenvalue weighted by Crippen LogP contribution is 2.61. The van der Waals surface area contributed by atoms with Crippen molar-refractivity contribution in [2.24, 2.45) is 22.7 Å². The van der Waals surface area contributed by atoms with Crippen molar-refractivity contribution in [2.75, 3.05) is 7.11 Å². The number of hydrogen-bond donors (Lipinski definition) is 1. The molecule has 3 rings (SSSR count). The van der Waals surface area contributed by atoms with E-state index in [2.05, 4.69) is 13.8 Å². The number of ether oxygens (including phenoxy) is 1. The van der Waals surface area contributed by atoms with Crippen molar-refractivity contribution in [2.45, 2.75) is 53.9 Å². The number of carbonyl (C=O) groups excluding carboxylic acids is 2. The van der Waals surface area contributed by atoms with Gasteiger partial charge in [-0.25, -0.2) is 0 Å². The summed E-state index contributed by atoms with van der Waals surface area (Å²) in [5, 5.41) is 10.9. The first kappa shape index (κ1) is 18.0. The van der Waals surface area contributed by atoms with Crippen LogP contribution in [0.15, 0.2) is 34.3 Å². The summed E-state index contributed by atoms with van der Waals surface area (Å²) < 4.78 is 5.50. The van der Waals surface area contributed by atoms with Crippen molar-refractivity contribution in [1.82, 2.24) is 0 Å². The molecule has 4 heteroatoms. The summed E-state index contributed by atoms with van der Waals surface area (Å²) in [7, 11) is 1.49. The summed E-state index contributed by atoms with van der Waals surface area (Å²) >= 11 is 0. The summed E-state index contributed by atoms with van der Waals surface area (Å²) in [6, 6.07) is 0. The Morgan fingerprint density at radius 1 is 1.20 bits per heavy atom. The predicted molar refractivity (Wildman–Crippen MR) is 95.9 cm³/mol. The number of rotatable bonds is 2. The number of aliphatic hydroxyl groups is 1. The third kappa shape index (κ3) is 2.33. The SMILES string of the molecule is COC1=C2C=C(C(C)C)C(=O)C(O)=C2C2(C)CCCC(C)(C)C2C1=O. The fourth-order valence-corrected chi connectivity index (χ4v) is 5.31. The summed E-state index contributed by atoms with van der Waals surface area (Å²) in [5.41, 5.74) is 0.976. The number of carbonyl (C=O) groups is 2. The zero-order valence-corrected chi connectivity index (χ0v) is 16.0. The highest BCUT2D eigenvalue weighted by atomic mass is 16.5. The standard InChI is InChI=1S/C21H28O4/c1-11(2)12-10-13-14(16(23)15(12)22)21(5)9-7-8-20(3,4)19(21)17(24)18(13)25-6/h10-11,19,23H,7-9H2,1-6H3. The van der Waals surface area contributed by atoms with E-state index in [-0.39, 0.29) is 40.3 Å². The van der Waals surface area contributed by atoms with Crippen LogP contribution in [0.1, 0.15) is 53.9 Å². The molecule has 3 aliphatic rings. The molecule has 0 spiro atoms. The van der Waals surface area contributed by atoms with Gasteiger partial charge in [-0.3, -0.25) is 9.59 Å². The van der Waals surface area contributed by atoms with Gasteiger partial charge in [0.2, 0.25) is 11.6 Å². The molecular formula is C21H28O4. The van der Waals surface area contributed by atoms with Gasteiger partial charge < -0.3 is 9.84 Å². The van der Waals surface area contributed by atoms with Crippen LogP contribution in [0.4, 0.5) is 0 Å². The smallest absolute Gasteiger partial charge is 0.223 e. The molecule has 0 heterocycles. The number of allylic oxidation sites excluding steroid dienone is 5. The second kappa shape index (κ2) is 5.58. The fraction of sp³-hybridized carbons (Fsp3) is 0.619. The second-order valence-electron chi connectivity index (χ2n) is 8.81. The lowest BCUT2D eigenvalue weighted by Gasteiger charge is -2.54. The molecular weight excluding hydrogens is 316 g/mol. The second-order valence-corrected chi connectivity index (χ2v) is 8.81. The van der Waals surface area contributed by atoms with Gasteiger partial charge in [-0.1, -0.05) is 41.0 Å². The predicted octanol–water partition coefficient (Wildman–Crippen LogP) is 4.28. The monoisotopic (exact) mass is 344 g/mol. The van der Waals surface area contributed by atoms with Crippen LogP contribution in [0.5, 0.6) is 0 Å². The Balaban J connectivity index is 2.35. The molecule has 3 aliphatic carbocycles. The molecule has 0 aromatic heterocycles. The summed E-state index contributed by atoms with van der Waals surface area (Å²) in [4.78, 5) is 26.1. The molecule has 1 N–H and O–H groups in total. The van der Waals surface area contributed by atoms with E-state index in [0.717, 1.165) is 19.3 Å². The van der Waals surface area contributed by atoms with Gasteiger partial charge in [-0.05, 0) is 30.3 Å². The van der Waals surface area contributed by atoms with Crippen molar-refractivity contribution in [1.29, 1.82) is 0 Å². The number of methoxy groups -OCH3 is 1. The van der Waals surface area contributed by atoms with Crippen LogP contribution in [-0.4, -0.2) is 23.8 Å². The Bertz CT molecular complexity index is 748. The zero-order valence-electron chi connectivity index (χ0n) is 16.0. The van der Waals surface area contributed by atoms with Gasteiger partial charge in [0.15, 0.2) is 11.5 Å². The highest BCUT2D eigenvalue weighted by molar-refractivity contribution is 6.12. The van der Waals surface area contributed by atoms with Crippen molar-refractivity contribution in [3.63, 3.8) is 0 Å². The molecule has 4 nitrogen and oxygen atoms in total. The maximum atomic E-state index is 13.3. The van der Waals surface area contributed by atoms with Gasteiger partial charge in [0.1, 0.15) is 0 Å². The van der Waals surface area contributed by atoms with Crippen LogP contribution in [0.25, 0.3) is 0 Å². The normalized spacial score (nSPS) is 31.8. The van der Waals surface area contributed by atoms with Crippen LogP contribution in [-0.2, 0) is 14.3 Å². The van der Waals surface area contributed by atoms with E-state index in [1.165, 1.54) is 7.11 Å². The zero-order chi connectivity index (χ0) is 18.7. The van der Waals surface area contributed by atoms with Crippen LogP contribution >= 0.6 is 0 Å². The molecule has 0 aromatic rings. The molecule has 2 unspecified atom stereocenters. The molecule has 0 aliphatic heterocycles. The molecule has 0 saturated heterocycles. The number of hydrogen-bond acceptors (Lipinski definition) is 4. The fourth-order valence-electron chi connectivity index (χ4n) is 5.31. The number of aliphatic hydroxyl groups excluding tert-OH is 1. The van der Waals surface area contributed by atoms with E-state index in [1.807, 2.05) is 20.8 Å². The molecule has 0 amide bonds. The highest BCUT2D eigenvalue weighted by Gasteiger charge is 2.58. The van der Waals surface area contributed by atoms with E-state index >= 15 is 0 Å². The lowest BCUT2D eigenvalue weighted by Crippen LogP contribution is -2.52. The Morgan fingerprint density at radius 2 is 1.84 bits per heavy atom. The quantitative estimate of drug-likeness (QED) is 0.812. The topological polar surface area (TPSA) is 63.6 Å². The molecule has 0 radical (unpaired) electrons. The lowest BCUT2D eigenvalue weighted by molar-refractivity contribution is -0.135. The van der Waals surface area contributed by atoms with Gasteiger partial charge >= 0.3 is 0 Å². The average Bonchev–Trinajstić information content (AvgIpc) is 2.49. The third-order valence-corrected chi connectivity index (χ3v) is 6.35. The molecule has 0 bridgehead atoms. The molecule has 136 valence electrons.